The quantitative estimate of drug-likeness (QED) is 0.869. The number of hydrogen-bond acceptors (Lipinski definition) is 5. The minimum atomic E-state index is -3.66. The van der Waals surface area contributed by atoms with Crippen molar-refractivity contribution >= 4 is 33.0 Å². The Labute approximate surface area is 123 Å². The molecule has 2 N–H and O–H groups in total. The third-order valence-electron chi connectivity index (χ3n) is 2.73. The molecule has 1 aromatic rings. The van der Waals surface area contributed by atoms with Crippen molar-refractivity contribution < 1.29 is 13.5 Å². The van der Waals surface area contributed by atoms with Crippen LogP contribution in [-0.4, -0.2) is 31.2 Å². The zero-order valence-corrected chi connectivity index (χ0v) is 13.8. The topological polar surface area (TPSA) is 79.3 Å². The summed E-state index contributed by atoms with van der Waals surface area (Å²) in [4.78, 5) is 3.91. The summed E-state index contributed by atoms with van der Waals surface area (Å²) in [6, 6.07) is -0.359. The van der Waals surface area contributed by atoms with Crippen LogP contribution < -0.4 is 4.72 Å². The maximum Gasteiger partial charge on any atom is 0.252 e. The summed E-state index contributed by atoms with van der Waals surface area (Å²) in [6.45, 7) is 7.29. The van der Waals surface area contributed by atoms with Crippen molar-refractivity contribution in [3.63, 3.8) is 0 Å². The third kappa shape index (κ3) is 4.39. The van der Waals surface area contributed by atoms with E-state index in [1.165, 1.54) is 0 Å². The van der Waals surface area contributed by atoms with Crippen molar-refractivity contribution in [3.8, 4) is 0 Å². The van der Waals surface area contributed by atoms with E-state index < -0.39 is 10.0 Å². The Morgan fingerprint density at radius 3 is 2.42 bits per heavy atom. The molecule has 1 unspecified atom stereocenters. The van der Waals surface area contributed by atoms with Crippen molar-refractivity contribution in [1.29, 1.82) is 0 Å². The molecule has 8 heteroatoms. The van der Waals surface area contributed by atoms with Gasteiger partial charge in [0.25, 0.3) is 10.0 Å². The summed E-state index contributed by atoms with van der Waals surface area (Å²) in [6.07, 6.45) is 0.355. The number of nitrogens with zero attached hydrogens (tertiary/aromatic N) is 1. The van der Waals surface area contributed by atoms with E-state index in [9.17, 15) is 8.42 Å². The highest BCUT2D eigenvalue weighted by Gasteiger charge is 2.31. The standard InChI is InChI=1S/C11H19ClN2O3S2/c1-7-9(18-10(12)13-7)19(16,17)14-8(5-6-15)11(2,3)4/h8,14-15H,5-6H2,1-4H3. The van der Waals surface area contributed by atoms with E-state index in [0.29, 0.717) is 12.1 Å². The predicted molar refractivity (Wildman–Crippen MR) is 77.1 cm³/mol. The molecule has 110 valence electrons. The van der Waals surface area contributed by atoms with E-state index in [2.05, 4.69) is 9.71 Å². The number of aryl methyl sites for hydroxylation is 1. The van der Waals surface area contributed by atoms with Gasteiger partial charge in [-0.25, -0.2) is 18.1 Å². The number of hydrogen-bond donors (Lipinski definition) is 2. The average Bonchev–Trinajstić information content (AvgIpc) is 2.56. The van der Waals surface area contributed by atoms with Gasteiger partial charge in [0.1, 0.15) is 0 Å². The number of sulfonamides is 1. The van der Waals surface area contributed by atoms with E-state index in [-0.39, 0.29) is 26.7 Å². The maximum absolute atomic E-state index is 12.3. The second-order valence-electron chi connectivity index (χ2n) is 5.39. The van der Waals surface area contributed by atoms with E-state index in [4.69, 9.17) is 16.7 Å². The number of rotatable bonds is 5. The molecule has 1 rings (SSSR count). The molecule has 0 aliphatic carbocycles. The molecular weight excluding hydrogens is 308 g/mol. The Morgan fingerprint density at radius 1 is 1.47 bits per heavy atom. The van der Waals surface area contributed by atoms with Crippen LogP contribution in [0.4, 0.5) is 0 Å². The molecule has 1 atom stereocenters. The second-order valence-corrected chi connectivity index (χ2v) is 8.88. The van der Waals surface area contributed by atoms with Crippen LogP contribution in [-0.2, 0) is 10.0 Å². The van der Waals surface area contributed by atoms with Gasteiger partial charge in [-0.3, -0.25) is 0 Å². The smallest absolute Gasteiger partial charge is 0.252 e. The van der Waals surface area contributed by atoms with Gasteiger partial charge >= 0.3 is 0 Å². The first-order chi connectivity index (χ1) is 8.58. The van der Waals surface area contributed by atoms with E-state index in [0.717, 1.165) is 11.3 Å². The van der Waals surface area contributed by atoms with Gasteiger partial charge in [-0.15, -0.1) is 0 Å². The van der Waals surface area contributed by atoms with Crippen LogP contribution in [0.5, 0.6) is 0 Å². The Hall–Kier alpha value is -0.210. The fourth-order valence-corrected chi connectivity index (χ4v) is 4.87. The number of halogens is 1. The molecule has 0 amide bonds. The molecule has 1 heterocycles. The SMILES string of the molecule is Cc1nc(Cl)sc1S(=O)(=O)NC(CCO)C(C)(C)C. The van der Waals surface area contributed by atoms with Crippen LogP contribution in [0.15, 0.2) is 4.21 Å². The lowest BCUT2D eigenvalue weighted by molar-refractivity contribution is 0.214. The van der Waals surface area contributed by atoms with Crippen LogP contribution in [0.2, 0.25) is 4.47 Å². The molecule has 0 radical (unpaired) electrons. The largest absolute Gasteiger partial charge is 0.396 e. The highest BCUT2D eigenvalue weighted by Crippen LogP contribution is 2.29. The first-order valence-corrected chi connectivity index (χ1v) is 8.52. The highest BCUT2D eigenvalue weighted by molar-refractivity contribution is 7.91. The first-order valence-electron chi connectivity index (χ1n) is 5.84. The predicted octanol–water partition coefficient (Wildman–Crippen LogP) is 2.18. The first kappa shape index (κ1) is 16.8. The highest BCUT2D eigenvalue weighted by atomic mass is 35.5. The lowest BCUT2D eigenvalue weighted by Gasteiger charge is -2.30. The summed E-state index contributed by atoms with van der Waals surface area (Å²) >= 11 is 6.67. The van der Waals surface area contributed by atoms with Gasteiger partial charge in [0, 0.05) is 12.6 Å². The van der Waals surface area contributed by atoms with Gasteiger partial charge in [0.15, 0.2) is 8.68 Å². The molecule has 0 aromatic carbocycles. The summed E-state index contributed by atoms with van der Waals surface area (Å²) < 4.78 is 27.6. The Balaban J connectivity index is 3.04. The molecule has 0 saturated carbocycles. The Bertz CT molecular complexity index is 535. The molecule has 0 aliphatic rings. The summed E-state index contributed by atoms with van der Waals surface area (Å²) in [5.41, 5.74) is 0.0946. The van der Waals surface area contributed by atoms with Gasteiger partial charge in [0.05, 0.1) is 5.69 Å². The Morgan fingerprint density at radius 2 is 2.05 bits per heavy atom. The molecule has 1 aromatic heterocycles. The summed E-state index contributed by atoms with van der Waals surface area (Å²) in [5.74, 6) is 0. The molecule has 0 fully saturated rings. The van der Waals surface area contributed by atoms with Gasteiger partial charge in [-0.2, -0.15) is 0 Å². The minimum Gasteiger partial charge on any atom is -0.396 e. The van der Waals surface area contributed by atoms with Crippen LogP contribution >= 0.6 is 22.9 Å². The number of nitrogens with one attached hydrogen (secondary N) is 1. The minimum absolute atomic E-state index is 0.0765. The fraction of sp³-hybridized carbons (Fsp3) is 0.727. The Kier molecular flexibility index (Phi) is 5.36. The molecule has 0 spiro atoms. The molecule has 19 heavy (non-hydrogen) atoms. The summed E-state index contributed by atoms with van der Waals surface area (Å²) in [5, 5.41) is 9.06. The number of aliphatic hydroxyl groups excluding tert-OH is 1. The second kappa shape index (κ2) is 6.05. The lowest BCUT2D eigenvalue weighted by Crippen LogP contribution is -2.44. The number of thiazole rings is 1. The fourth-order valence-electron chi connectivity index (χ4n) is 1.64. The normalized spacial score (nSPS) is 14.6. The van der Waals surface area contributed by atoms with Crippen molar-refractivity contribution in [2.24, 2.45) is 5.41 Å². The van der Waals surface area contributed by atoms with Gasteiger partial charge in [-0.05, 0) is 18.8 Å². The van der Waals surface area contributed by atoms with E-state index in [1.807, 2.05) is 20.8 Å². The molecule has 5 nitrogen and oxygen atoms in total. The molecule has 0 aliphatic heterocycles. The van der Waals surface area contributed by atoms with Crippen molar-refractivity contribution in [1.82, 2.24) is 9.71 Å². The van der Waals surface area contributed by atoms with Gasteiger partial charge in [-0.1, -0.05) is 43.7 Å². The van der Waals surface area contributed by atoms with E-state index in [1.54, 1.807) is 6.92 Å². The van der Waals surface area contributed by atoms with Crippen LogP contribution in [0.3, 0.4) is 0 Å². The zero-order valence-electron chi connectivity index (χ0n) is 11.4. The monoisotopic (exact) mass is 326 g/mol. The third-order valence-corrected chi connectivity index (χ3v) is 6.08. The summed E-state index contributed by atoms with van der Waals surface area (Å²) in [7, 11) is -3.66. The van der Waals surface area contributed by atoms with Crippen molar-refractivity contribution in [2.75, 3.05) is 6.61 Å². The van der Waals surface area contributed by atoms with Crippen LogP contribution in [0.1, 0.15) is 32.9 Å². The van der Waals surface area contributed by atoms with E-state index >= 15 is 0 Å². The van der Waals surface area contributed by atoms with Gasteiger partial charge in [0.2, 0.25) is 0 Å². The van der Waals surface area contributed by atoms with Gasteiger partial charge < -0.3 is 5.11 Å². The molecule has 0 saturated heterocycles. The maximum atomic E-state index is 12.3. The van der Waals surface area contributed by atoms with Crippen molar-refractivity contribution in [2.45, 2.75) is 44.4 Å². The lowest BCUT2D eigenvalue weighted by atomic mass is 9.86. The zero-order chi connectivity index (χ0) is 14.8. The number of aromatic nitrogens is 1. The molecular formula is C11H19ClN2O3S2. The van der Waals surface area contributed by atoms with Crippen molar-refractivity contribution in [3.05, 3.63) is 10.2 Å². The van der Waals surface area contributed by atoms with Crippen LogP contribution in [0, 0.1) is 12.3 Å². The number of aliphatic hydroxyl groups is 1. The van der Waals surface area contributed by atoms with Crippen LogP contribution in [0.25, 0.3) is 0 Å². The molecule has 0 bridgehead atoms. The average molecular weight is 327 g/mol.